The molecular formula is C28H35ClN4O4. The van der Waals surface area contributed by atoms with Crippen molar-refractivity contribution >= 4 is 29.2 Å². The molecule has 0 saturated carbocycles. The van der Waals surface area contributed by atoms with E-state index in [0.29, 0.717) is 42.7 Å². The van der Waals surface area contributed by atoms with Gasteiger partial charge in [0.1, 0.15) is 12.4 Å². The molecule has 198 valence electrons. The van der Waals surface area contributed by atoms with Crippen LogP contribution < -0.4 is 5.32 Å². The molecule has 0 aliphatic carbocycles. The SMILES string of the molecule is COCCCN(CC(=O)Nc1cc(C(C)(C)C)nn1-c1ccccc1Cl)C(=O)COCc1ccccc1. The fourth-order valence-corrected chi connectivity index (χ4v) is 3.83. The van der Waals surface area contributed by atoms with E-state index in [0.717, 1.165) is 11.3 Å². The molecule has 2 aromatic carbocycles. The minimum atomic E-state index is -0.345. The normalized spacial score (nSPS) is 11.4. The first-order valence-corrected chi connectivity index (χ1v) is 12.6. The molecule has 37 heavy (non-hydrogen) atoms. The summed E-state index contributed by atoms with van der Waals surface area (Å²) < 4.78 is 12.4. The second-order valence-corrected chi connectivity index (χ2v) is 10.1. The molecule has 3 rings (SSSR count). The molecule has 1 heterocycles. The molecule has 2 amide bonds. The van der Waals surface area contributed by atoms with E-state index in [2.05, 4.69) is 5.32 Å². The van der Waals surface area contributed by atoms with Gasteiger partial charge in [0.15, 0.2) is 0 Å². The van der Waals surface area contributed by atoms with Gasteiger partial charge in [-0.15, -0.1) is 0 Å². The van der Waals surface area contributed by atoms with E-state index in [9.17, 15) is 9.59 Å². The first-order valence-electron chi connectivity index (χ1n) is 12.2. The van der Waals surface area contributed by atoms with Crippen molar-refractivity contribution in [3.63, 3.8) is 0 Å². The summed E-state index contributed by atoms with van der Waals surface area (Å²) in [5, 5.41) is 8.14. The first kappa shape index (κ1) is 28.4. The lowest BCUT2D eigenvalue weighted by Gasteiger charge is -2.22. The Morgan fingerprint density at radius 3 is 2.46 bits per heavy atom. The molecule has 1 aromatic heterocycles. The van der Waals surface area contributed by atoms with Gasteiger partial charge in [0, 0.05) is 31.7 Å². The molecule has 0 aliphatic rings. The van der Waals surface area contributed by atoms with Gasteiger partial charge < -0.3 is 19.7 Å². The molecule has 0 saturated heterocycles. The summed E-state index contributed by atoms with van der Waals surface area (Å²) in [6.45, 7) is 7.04. The van der Waals surface area contributed by atoms with Crippen LogP contribution in [0.3, 0.4) is 0 Å². The van der Waals surface area contributed by atoms with Crippen LogP contribution in [0, 0.1) is 0 Å². The zero-order chi connectivity index (χ0) is 26.8. The Balaban J connectivity index is 1.72. The summed E-state index contributed by atoms with van der Waals surface area (Å²) >= 11 is 6.43. The average Bonchev–Trinajstić information content (AvgIpc) is 3.28. The van der Waals surface area contributed by atoms with Crippen LogP contribution in [-0.4, -0.2) is 59.9 Å². The van der Waals surface area contributed by atoms with Crippen LogP contribution >= 0.6 is 11.6 Å². The van der Waals surface area contributed by atoms with Crippen molar-refractivity contribution in [3.8, 4) is 5.69 Å². The molecule has 9 heteroatoms. The Hall–Kier alpha value is -3.20. The van der Waals surface area contributed by atoms with Crippen LogP contribution in [0.25, 0.3) is 5.69 Å². The molecule has 0 radical (unpaired) electrons. The van der Waals surface area contributed by atoms with Gasteiger partial charge in [-0.05, 0) is 24.1 Å². The maximum absolute atomic E-state index is 13.1. The molecule has 8 nitrogen and oxygen atoms in total. The number of para-hydroxylation sites is 1. The van der Waals surface area contributed by atoms with Gasteiger partial charge in [0.2, 0.25) is 11.8 Å². The molecule has 0 atom stereocenters. The van der Waals surface area contributed by atoms with Gasteiger partial charge in [-0.3, -0.25) is 9.59 Å². The van der Waals surface area contributed by atoms with Crippen molar-refractivity contribution in [2.24, 2.45) is 0 Å². The number of halogens is 1. The van der Waals surface area contributed by atoms with Gasteiger partial charge in [-0.2, -0.15) is 5.10 Å². The van der Waals surface area contributed by atoms with Crippen molar-refractivity contribution < 1.29 is 19.1 Å². The molecular weight excluding hydrogens is 492 g/mol. The largest absolute Gasteiger partial charge is 0.385 e. The summed E-state index contributed by atoms with van der Waals surface area (Å²) in [5.74, 6) is -0.132. The number of anilines is 1. The third-order valence-corrected chi connectivity index (χ3v) is 5.95. The van der Waals surface area contributed by atoms with E-state index in [4.69, 9.17) is 26.2 Å². The van der Waals surface area contributed by atoms with Crippen molar-refractivity contribution in [1.29, 1.82) is 0 Å². The molecule has 0 spiro atoms. The number of benzene rings is 2. The Morgan fingerprint density at radius 2 is 1.78 bits per heavy atom. The summed E-state index contributed by atoms with van der Waals surface area (Å²) in [6, 6.07) is 18.8. The van der Waals surface area contributed by atoms with Crippen LogP contribution in [0.15, 0.2) is 60.7 Å². The number of ether oxygens (including phenoxy) is 2. The lowest BCUT2D eigenvalue weighted by atomic mass is 9.92. The van der Waals surface area contributed by atoms with E-state index in [1.165, 1.54) is 4.90 Å². The number of rotatable bonds is 12. The highest BCUT2D eigenvalue weighted by Gasteiger charge is 2.23. The number of aromatic nitrogens is 2. The number of hydrogen-bond donors (Lipinski definition) is 1. The lowest BCUT2D eigenvalue weighted by molar-refractivity contribution is -0.139. The number of carbonyl (C=O) groups excluding carboxylic acids is 2. The molecule has 3 aromatic rings. The van der Waals surface area contributed by atoms with Crippen LogP contribution in [-0.2, 0) is 31.1 Å². The molecule has 0 fully saturated rings. The average molecular weight is 527 g/mol. The summed E-state index contributed by atoms with van der Waals surface area (Å²) in [4.78, 5) is 27.5. The lowest BCUT2D eigenvalue weighted by Crippen LogP contribution is -2.41. The number of carbonyl (C=O) groups is 2. The van der Waals surface area contributed by atoms with Gasteiger partial charge in [0.05, 0.1) is 29.6 Å². The first-order chi connectivity index (χ1) is 17.7. The van der Waals surface area contributed by atoms with E-state index in [-0.39, 0.29) is 30.4 Å². The monoisotopic (exact) mass is 526 g/mol. The van der Waals surface area contributed by atoms with Crippen LogP contribution in [0.5, 0.6) is 0 Å². The fourth-order valence-electron chi connectivity index (χ4n) is 3.61. The number of hydrogen-bond acceptors (Lipinski definition) is 5. The van der Waals surface area contributed by atoms with Crippen LogP contribution in [0.1, 0.15) is 38.4 Å². The third kappa shape index (κ3) is 8.42. The summed E-state index contributed by atoms with van der Waals surface area (Å²) in [6.07, 6.45) is 0.597. The van der Waals surface area contributed by atoms with E-state index in [1.807, 2.05) is 75.4 Å². The van der Waals surface area contributed by atoms with E-state index >= 15 is 0 Å². The second-order valence-electron chi connectivity index (χ2n) is 9.72. The molecule has 0 bridgehead atoms. The third-order valence-electron chi connectivity index (χ3n) is 5.63. The Labute approximate surface area is 223 Å². The van der Waals surface area contributed by atoms with Crippen LogP contribution in [0.4, 0.5) is 5.82 Å². The highest BCUT2D eigenvalue weighted by atomic mass is 35.5. The smallest absolute Gasteiger partial charge is 0.249 e. The zero-order valence-corrected chi connectivity index (χ0v) is 22.6. The maximum atomic E-state index is 13.1. The van der Waals surface area contributed by atoms with E-state index < -0.39 is 0 Å². The van der Waals surface area contributed by atoms with E-state index in [1.54, 1.807) is 17.9 Å². The molecule has 0 aliphatic heterocycles. The second kappa shape index (κ2) is 13.4. The quantitative estimate of drug-likeness (QED) is 0.341. The van der Waals surface area contributed by atoms with Crippen molar-refractivity contribution in [2.75, 3.05) is 38.7 Å². The fraction of sp³-hybridized carbons (Fsp3) is 0.393. The standard InChI is InChI=1S/C28H35ClN4O4/c1-28(2,3)24-17-25(33(31-24)23-14-9-8-13-22(23)29)30-26(34)18-32(15-10-16-36-4)27(35)20-37-19-21-11-6-5-7-12-21/h5-9,11-14,17H,10,15-16,18-20H2,1-4H3,(H,30,34). The maximum Gasteiger partial charge on any atom is 0.249 e. The van der Waals surface area contributed by atoms with Gasteiger partial charge >= 0.3 is 0 Å². The predicted octanol–water partition coefficient (Wildman–Crippen LogP) is 4.84. The highest BCUT2D eigenvalue weighted by Crippen LogP contribution is 2.29. The van der Waals surface area contributed by atoms with Crippen LogP contribution in [0.2, 0.25) is 5.02 Å². The van der Waals surface area contributed by atoms with Crippen molar-refractivity contribution in [2.45, 2.75) is 39.2 Å². The van der Waals surface area contributed by atoms with Crippen molar-refractivity contribution in [3.05, 3.63) is 76.9 Å². The molecule has 1 N–H and O–H groups in total. The highest BCUT2D eigenvalue weighted by molar-refractivity contribution is 6.32. The number of amides is 2. The van der Waals surface area contributed by atoms with Crippen molar-refractivity contribution in [1.82, 2.24) is 14.7 Å². The Morgan fingerprint density at radius 1 is 1.08 bits per heavy atom. The number of nitrogens with zero attached hydrogens (tertiary/aromatic N) is 3. The Bertz CT molecular complexity index is 1170. The van der Waals surface area contributed by atoms with Gasteiger partial charge in [0.25, 0.3) is 0 Å². The number of nitrogens with one attached hydrogen (secondary N) is 1. The van der Waals surface area contributed by atoms with Gasteiger partial charge in [-0.1, -0.05) is 74.8 Å². The zero-order valence-electron chi connectivity index (χ0n) is 21.9. The molecule has 0 unspecified atom stereocenters. The minimum Gasteiger partial charge on any atom is -0.385 e. The predicted molar refractivity (Wildman–Crippen MR) is 145 cm³/mol. The topological polar surface area (TPSA) is 85.7 Å². The number of methoxy groups -OCH3 is 1. The summed E-state index contributed by atoms with van der Waals surface area (Å²) in [7, 11) is 1.60. The van der Waals surface area contributed by atoms with Gasteiger partial charge in [-0.25, -0.2) is 4.68 Å². The minimum absolute atomic E-state index is 0.124. The Kier molecular flexibility index (Phi) is 10.3. The summed E-state index contributed by atoms with van der Waals surface area (Å²) in [5.41, 5.74) is 2.17.